The Bertz CT molecular complexity index is 604. The van der Waals surface area contributed by atoms with Crippen LogP contribution >= 0.6 is 27.7 Å². The molecule has 0 fully saturated rings. The Balaban J connectivity index is 2.39. The molecule has 1 N–H and O–H groups in total. The zero-order valence-electron chi connectivity index (χ0n) is 9.42. The summed E-state index contributed by atoms with van der Waals surface area (Å²) < 4.78 is 0.834. The van der Waals surface area contributed by atoms with Crippen molar-refractivity contribution in [3.8, 4) is 0 Å². The molecule has 92 valence electrons. The number of nitrogens with zero attached hydrogens (tertiary/aromatic N) is 2. The third-order valence-electron chi connectivity index (χ3n) is 2.17. The van der Waals surface area contributed by atoms with Crippen molar-refractivity contribution in [3.63, 3.8) is 0 Å². The van der Waals surface area contributed by atoms with Crippen LogP contribution in [0.2, 0.25) is 0 Å². The number of aromatic nitrogens is 2. The number of aryl methyl sites for hydroxylation is 1. The molecule has 2 aromatic rings. The van der Waals surface area contributed by atoms with Crippen molar-refractivity contribution >= 4 is 33.7 Å². The summed E-state index contributed by atoms with van der Waals surface area (Å²) in [6, 6.07) is 6.87. The van der Waals surface area contributed by atoms with Gasteiger partial charge in [-0.05, 0) is 31.2 Å². The third kappa shape index (κ3) is 3.08. The number of carboxylic acids is 1. The average Bonchev–Trinajstić information content (AvgIpc) is 2.28. The van der Waals surface area contributed by atoms with Gasteiger partial charge in [0, 0.05) is 15.1 Å². The summed E-state index contributed by atoms with van der Waals surface area (Å²) >= 11 is 4.64. The molecule has 0 radical (unpaired) electrons. The summed E-state index contributed by atoms with van der Waals surface area (Å²) in [4.78, 5) is 19.9. The van der Waals surface area contributed by atoms with E-state index < -0.39 is 5.97 Å². The maximum atomic E-state index is 11.1. The number of carbonyl (C=O) groups is 1. The van der Waals surface area contributed by atoms with Gasteiger partial charge in [0.15, 0.2) is 0 Å². The lowest BCUT2D eigenvalue weighted by Crippen LogP contribution is -1.98. The Kier molecular flexibility index (Phi) is 3.98. The topological polar surface area (TPSA) is 63.1 Å². The number of carboxylic acid groups (broad SMARTS) is 1. The summed E-state index contributed by atoms with van der Waals surface area (Å²) in [6.07, 6.45) is 1.47. The van der Waals surface area contributed by atoms with Crippen molar-refractivity contribution in [2.45, 2.75) is 16.8 Å². The number of benzene rings is 1. The SMILES string of the molecule is Cc1cc(Sc2cc(Br)ccc2C(=O)O)ncn1. The van der Waals surface area contributed by atoms with Crippen LogP contribution < -0.4 is 0 Å². The van der Waals surface area contributed by atoms with E-state index in [0.717, 1.165) is 15.2 Å². The highest BCUT2D eigenvalue weighted by Crippen LogP contribution is 2.31. The van der Waals surface area contributed by atoms with Crippen LogP contribution in [0.15, 0.2) is 45.0 Å². The van der Waals surface area contributed by atoms with Crippen LogP contribution in [0.1, 0.15) is 16.1 Å². The van der Waals surface area contributed by atoms with Gasteiger partial charge in [0.05, 0.1) is 5.56 Å². The van der Waals surface area contributed by atoms with Gasteiger partial charge >= 0.3 is 5.97 Å². The fourth-order valence-electron chi connectivity index (χ4n) is 1.36. The predicted octanol–water partition coefficient (Wildman–Crippen LogP) is 3.40. The second-order valence-electron chi connectivity index (χ2n) is 3.55. The first-order valence-corrected chi connectivity index (χ1v) is 6.66. The molecule has 0 bridgehead atoms. The predicted molar refractivity (Wildman–Crippen MR) is 72.0 cm³/mol. The highest BCUT2D eigenvalue weighted by molar-refractivity contribution is 9.10. The van der Waals surface area contributed by atoms with E-state index in [1.807, 2.05) is 13.0 Å². The third-order valence-corrected chi connectivity index (χ3v) is 3.65. The van der Waals surface area contributed by atoms with E-state index >= 15 is 0 Å². The zero-order valence-corrected chi connectivity index (χ0v) is 11.8. The number of halogens is 1. The second-order valence-corrected chi connectivity index (χ2v) is 5.52. The molecule has 6 heteroatoms. The highest BCUT2D eigenvalue weighted by Gasteiger charge is 2.12. The molecule has 0 aliphatic heterocycles. The van der Waals surface area contributed by atoms with Gasteiger partial charge in [0.1, 0.15) is 11.4 Å². The molecule has 0 saturated carbocycles. The first kappa shape index (κ1) is 13.0. The van der Waals surface area contributed by atoms with E-state index in [2.05, 4.69) is 25.9 Å². The summed E-state index contributed by atoms with van der Waals surface area (Å²) in [5, 5.41) is 9.85. The largest absolute Gasteiger partial charge is 0.478 e. The summed E-state index contributed by atoms with van der Waals surface area (Å²) in [7, 11) is 0. The molecule has 4 nitrogen and oxygen atoms in total. The quantitative estimate of drug-likeness (QED) is 0.877. The summed E-state index contributed by atoms with van der Waals surface area (Å²) in [5.74, 6) is -0.948. The van der Waals surface area contributed by atoms with Crippen LogP contribution in [-0.2, 0) is 0 Å². The Morgan fingerprint density at radius 3 is 2.78 bits per heavy atom. The van der Waals surface area contributed by atoms with Gasteiger partial charge in [-0.1, -0.05) is 27.7 Å². The summed E-state index contributed by atoms with van der Waals surface area (Å²) in [6.45, 7) is 1.87. The Hall–Kier alpha value is -1.40. The molecule has 0 aliphatic rings. The molecular formula is C12H9BrN2O2S. The van der Waals surface area contributed by atoms with Crippen molar-refractivity contribution in [2.24, 2.45) is 0 Å². The van der Waals surface area contributed by atoms with E-state index in [0.29, 0.717) is 4.90 Å². The van der Waals surface area contributed by atoms with E-state index in [1.165, 1.54) is 18.1 Å². The lowest BCUT2D eigenvalue weighted by molar-refractivity contribution is 0.0693. The van der Waals surface area contributed by atoms with Crippen LogP contribution in [0.25, 0.3) is 0 Å². The van der Waals surface area contributed by atoms with Crippen molar-refractivity contribution in [1.82, 2.24) is 9.97 Å². The molecule has 0 amide bonds. The van der Waals surface area contributed by atoms with Gasteiger partial charge in [-0.2, -0.15) is 0 Å². The Morgan fingerprint density at radius 2 is 2.11 bits per heavy atom. The van der Waals surface area contributed by atoms with Gasteiger partial charge < -0.3 is 5.11 Å². The minimum absolute atomic E-state index is 0.263. The van der Waals surface area contributed by atoms with Crippen LogP contribution in [-0.4, -0.2) is 21.0 Å². The van der Waals surface area contributed by atoms with Crippen LogP contribution in [0, 0.1) is 6.92 Å². The Labute approximate surface area is 117 Å². The standard InChI is InChI=1S/C12H9BrN2O2S/c1-7-4-11(15-6-14-7)18-10-5-8(13)2-3-9(10)12(16)17/h2-6H,1H3,(H,16,17). The molecule has 0 aliphatic carbocycles. The molecular weight excluding hydrogens is 316 g/mol. The molecule has 0 atom stereocenters. The van der Waals surface area contributed by atoms with Crippen LogP contribution in [0.3, 0.4) is 0 Å². The molecule has 1 aromatic heterocycles. The van der Waals surface area contributed by atoms with Gasteiger partial charge in [0.2, 0.25) is 0 Å². The lowest BCUT2D eigenvalue weighted by atomic mass is 10.2. The molecule has 0 unspecified atom stereocenters. The molecule has 0 spiro atoms. The van der Waals surface area contributed by atoms with Crippen molar-refractivity contribution in [2.75, 3.05) is 0 Å². The first-order chi connectivity index (χ1) is 8.56. The minimum Gasteiger partial charge on any atom is -0.478 e. The van der Waals surface area contributed by atoms with Gasteiger partial charge in [0.25, 0.3) is 0 Å². The fourth-order valence-corrected chi connectivity index (χ4v) is 2.87. The summed E-state index contributed by atoms with van der Waals surface area (Å²) in [5.41, 5.74) is 1.11. The zero-order chi connectivity index (χ0) is 13.1. The monoisotopic (exact) mass is 324 g/mol. The first-order valence-electron chi connectivity index (χ1n) is 5.05. The van der Waals surface area contributed by atoms with Crippen LogP contribution in [0.4, 0.5) is 0 Å². The molecule has 18 heavy (non-hydrogen) atoms. The van der Waals surface area contributed by atoms with Crippen molar-refractivity contribution in [1.29, 1.82) is 0 Å². The minimum atomic E-state index is -0.948. The fraction of sp³-hybridized carbons (Fsp3) is 0.0833. The number of hydrogen-bond acceptors (Lipinski definition) is 4. The van der Waals surface area contributed by atoms with Gasteiger partial charge in [-0.25, -0.2) is 14.8 Å². The van der Waals surface area contributed by atoms with Gasteiger partial charge in [-0.15, -0.1) is 0 Å². The molecule has 0 saturated heterocycles. The number of rotatable bonds is 3. The lowest BCUT2D eigenvalue weighted by Gasteiger charge is -2.06. The molecule has 1 heterocycles. The van der Waals surface area contributed by atoms with Crippen molar-refractivity contribution < 1.29 is 9.90 Å². The number of hydrogen-bond donors (Lipinski definition) is 1. The normalized spacial score (nSPS) is 10.3. The number of aromatic carboxylic acids is 1. The van der Waals surface area contributed by atoms with E-state index in [-0.39, 0.29) is 5.56 Å². The average molecular weight is 325 g/mol. The van der Waals surface area contributed by atoms with Crippen molar-refractivity contribution in [3.05, 3.63) is 46.3 Å². The Morgan fingerprint density at radius 1 is 1.33 bits per heavy atom. The smallest absolute Gasteiger partial charge is 0.336 e. The van der Waals surface area contributed by atoms with Crippen LogP contribution in [0.5, 0.6) is 0 Å². The van der Waals surface area contributed by atoms with E-state index in [1.54, 1.807) is 18.2 Å². The molecule has 1 aromatic carbocycles. The van der Waals surface area contributed by atoms with E-state index in [4.69, 9.17) is 5.11 Å². The second kappa shape index (κ2) is 5.49. The molecule has 2 rings (SSSR count). The maximum absolute atomic E-state index is 11.1. The van der Waals surface area contributed by atoms with Gasteiger partial charge in [-0.3, -0.25) is 0 Å². The highest BCUT2D eigenvalue weighted by atomic mass is 79.9. The maximum Gasteiger partial charge on any atom is 0.336 e. The van der Waals surface area contributed by atoms with E-state index in [9.17, 15) is 4.79 Å².